The second-order valence-electron chi connectivity index (χ2n) is 4.56. The topological polar surface area (TPSA) is 44.5 Å². The first-order valence-electron chi connectivity index (χ1n) is 6.52. The Labute approximate surface area is 117 Å². The van der Waals surface area contributed by atoms with E-state index in [9.17, 15) is 0 Å². The molecule has 0 amide bonds. The predicted octanol–water partition coefficient (Wildman–Crippen LogP) is 2.90. The summed E-state index contributed by atoms with van der Waals surface area (Å²) in [5.74, 6) is 0.916. The maximum atomic E-state index is 5.77. The molecule has 1 saturated heterocycles. The number of ether oxygens (including phenoxy) is 2. The van der Waals surface area contributed by atoms with Gasteiger partial charge in [0.1, 0.15) is 5.75 Å². The maximum absolute atomic E-state index is 5.77. The molecule has 100 valence electrons. The standard InChI is InChI=1S/C14H20BrNO2/c15-14-4-3-13(10-11(14)5-7-16)18-9-6-12-2-1-8-17-12/h3-4,10,12H,1-2,5-9,16H2. The van der Waals surface area contributed by atoms with Crippen LogP contribution >= 0.6 is 15.9 Å². The lowest BCUT2D eigenvalue weighted by Crippen LogP contribution is -2.11. The zero-order chi connectivity index (χ0) is 12.8. The van der Waals surface area contributed by atoms with Crippen LogP contribution in [0, 0.1) is 0 Å². The van der Waals surface area contributed by atoms with Gasteiger partial charge in [-0.1, -0.05) is 15.9 Å². The van der Waals surface area contributed by atoms with Crippen LogP contribution in [-0.4, -0.2) is 25.9 Å². The summed E-state index contributed by atoms with van der Waals surface area (Å²) < 4.78 is 12.4. The largest absolute Gasteiger partial charge is 0.493 e. The molecule has 1 aromatic rings. The Hall–Kier alpha value is -0.580. The molecule has 1 aliphatic rings. The Balaban J connectivity index is 1.82. The van der Waals surface area contributed by atoms with Crippen molar-refractivity contribution < 1.29 is 9.47 Å². The van der Waals surface area contributed by atoms with Crippen molar-refractivity contribution in [3.63, 3.8) is 0 Å². The lowest BCUT2D eigenvalue weighted by atomic mass is 10.1. The average molecular weight is 314 g/mol. The van der Waals surface area contributed by atoms with Crippen LogP contribution in [0.4, 0.5) is 0 Å². The molecule has 2 N–H and O–H groups in total. The average Bonchev–Trinajstić information content (AvgIpc) is 2.87. The fourth-order valence-electron chi connectivity index (χ4n) is 2.17. The zero-order valence-corrected chi connectivity index (χ0v) is 12.1. The van der Waals surface area contributed by atoms with Crippen LogP contribution in [0.5, 0.6) is 5.75 Å². The van der Waals surface area contributed by atoms with Crippen molar-refractivity contribution in [2.45, 2.75) is 31.8 Å². The molecule has 1 fully saturated rings. The molecule has 1 unspecified atom stereocenters. The minimum atomic E-state index is 0.393. The molecule has 2 rings (SSSR count). The van der Waals surface area contributed by atoms with Gasteiger partial charge in [0.25, 0.3) is 0 Å². The molecule has 0 radical (unpaired) electrons. The van der Waals surface area contributed by atoms with Gasteiger partial charge in [-0.15, -0.1) is 0 Å². The van der Waals surface area contributed by atoms with Gasteiger partial charge in [-0.05, 0) is 49.6 Å². The van der Waals surface area contributed by atoms with E-state index >= 15 is 0 Å². The Morgan fingerprint density at radius 2 is 2.33 bits per heavy atom. The first kappa shape index (κ1) is 13.8. The van der Waals surface area contributed by atoms with E-state index in [4.69, 9.17) is 15.2 Å². The summed E-state index contributed by atoms with van der Waals surface area (Å²) in [5, 5.41) is 0. The SMILES string of the molecule is NCCc1cc(OCCC2CCCO2)ccc1Br. The highest BCUT2D eigenvalue weighted by molar-refractivity contribution is 9.10. The van der Waals surface area contributed by atoms with Crippen LogP contribution in [0.2, 0.25) is 0 Å². The van der Waals surface area contributed by atoms with Crippen LogP contribution in [0.3, 0.4) is 0 Å². The third kappa shape index (κ3) is 3.97. The van der Waals surface area contributed by atoms with Crippen molar-refractivity contribution in [3.8, 4) is 5.75 Å². The fraction of sp³-hybridized carbons (Fsp3) is 0.571. The summed E-state index contributed by atoms with van der Waals surface area (Å²) in [6.45, 7) is 2.27. The van der Waals surface area contributed by atoms with Crippen molar-refractivity contribution in [3.05, 3.63) is 28.2 Å². The van der Waals surface area contributed by atoms with E-state index in [1.54, 1.807) is 0 Å². The molecule has 4 heteroatoms. The molecule has 0 bridgehead atoms. The summed E-state index contributed by atoms with van der Waals surface area (Å²) in [4.78, 5) is 0. The van der Waals surface area contributed by atoms with Crippen molar-refractivity contribution in [2.75, 3.05) is 19.8 Å². The summed E-state index contributed by atoms with van der Waals surface area (Å²) >= 11 is 3.52. The van der Waals surface area contributed by atoms with Gasteiger partial charge in [0.2, 0.25) is 0 Å². The number of rotatable bonds is 6. The van der Waals surface area contributed by atoms with Gasteiger partial charge in [-0.3, -0.25) is 0 Å². The van der Waals surface area contributed by atoms with Crippen LogP contribution in [0.1, 0.15) is 24.8 Å². The van der Waals surface area contributed by atoms with Crippen LogP contribution in [-0.2, 0) is 11.2 Å². The Morgan fingerprint density at radius 1 is 1.44 bits per heavy atom. The molecule has 18 heavy (non-hydrogen) atoms. The number of hydrogen-bond donors (Lipinski definition) is 1. The van der Waals surface area contributed by atoms with Crippen molar-refractivity contribution in [1.82, 2.24) is 0 Å². The van der Waals surface area contributed by atoms with Gasteiger partial charge in [0.15, 0.2) is 0 Å². The van der Waals surface area contributed by atoms with Crippen LogP contribution in [0.25, 0.3) is 0 Å². The monoisotopic (exact) mass is 313 g/mol. The predicted molar refractivity (Wildman–Crippen MR) is 76.0 cm³/mol. The van der Waals surface area contributed by atoms with E-state index in [-0.39, 0.29) is 0 Å². The van der Waals surface area contributed by atoms with Gasteiger partial charge in [0, 0.05) is 17.5 Å². The normalized spacial score (nSPS) is 19.1. The molecule has 1 aliphatic heterocycles. The third-order valence-electron chi connectivity index (χ3n) is 3.16. The minimum Gasteiger partial charge on any atom is -0.493 e. The van der Waals surface area contributed by atoms with E-state index in [1.165, 1.54) is 18.4 Å². The van der Waals surface area contributed by atoms with Gasteiger partial charge in [-0.25, -0.2) is 0 Å². The minimum absolute atomic E-state index is 0.393. The van der Waals surface area contributed by atoms with Gasteiger partial charge < -0.3 is 15.2 Å². The highest BCUT2D eigenvalue weighted by Crippen LogP contribution is 2.23. The van der Waals surface area contributed by atoms with E-state index < -0.39 is 0 Å². The van der Waals surface area contributed by atoms with Crippen molar-refractivity contribution >= 4 is 15.9 Å². The highest BCUT2D eigenvalue weighted by Gasteiger charge is 2.15. The lowest BCUT2D eigenvalue weighted by molar-refractivity contribution is 0.0903. The zero-order valence-electron chi connectivity index (χ0n) is 10.5. The molecular formula is C14H20BrNO2. The van der Waals surface area contributed by atoms with E-state index in [0.717, 1.165) is 29.7 Å². The summed E-state index contributed by atoms with van der Waals surface area (Å²) in [6, 6.07) is 6.07. The smallest absolute Gasteiger partial charge is 0.119 e. The number of nitrogens with two attached hydrogens (primary N) is 1. The van der Waals surface area contributed by atoms with Crippen molar-refractivity contribution in [2.24, 2.45) is 5.73 Å². The molecule has 0 aliphatic carbocycles. The summed E-state index contributed by atoms with van der Waals surface area (Å²) in [7, 11) is 0. The Morgan fingerprint density at radius 3 is 3.06 bits per heavy atom. The van der Waals surface area contributed by atoms with Crippen LogP contribution in [0.15, 0.2) is 22.7 Å². The van der Waals surface area contributed by atoms with E-state index in [2.05, 4.69) is 22.0 Å². The molecule has 0 saturated carbocycles. The van der Waals surface area contributed by atoms with Crippen molar-refractivity contribution in [1.29, 1.82) is 0 Å². The Kier molecular flexibility index (Phi) is 5.47. The maximum Gasteiger partial charge on any atom is 0.119 e. The quantitative estimate of drug-likeness (QED) is 0.878. The Bertz CT molecular complexity index is 378. The van der Waals surface area contributed by atoms with E-state index in [1.807, 2.05) is 12.1 Å². The summed E-state index contributed by atoms with van der Waals surface area (Å²) in [6.07, 6.45) is 4.58. The van der Waals surface area contributed by atoms with E-state index in [0.29, 0.717) is 19.3 Å². The third-order valence-corrected chi connectivity index (χ3v) is 3.94. The number of halogens is 1. The van der Waals surface area contributed by atoms with Gasteiger partial charge >= 0.3 is 0 Å². The van der Waals surface area contributed by atoms with Crippen LogP contribution < -0.4 is 10.5 Å². The highest BCUT2D eigenvalue weighted by atomic mass is 79.9. The second kappa shape index (κ2) is 7.12. The van der Waals surface area contributed by atoms with Gasteiger partial charge in [-0.2, -0.15) is 0 Å². The second-order valence-corrected chi connectivity index (χ2v) is 5.42. The number of hydrogen-bond acceptors (Lipinski definition) is 3. The molecule has 1 atom stereocenters. The molecule has 1 aromatic carbocycles. The number of benzene rings is 1. The molecule has 1 heterocycles. The molecule has 3 nitrogen and oxygen atoms in total. The molecule has 0 aromatic heterocycles. The molecular weight excluding hydrogens is 294 g/mol. The first-order valence-corrected chi connectivity index (χ1v) is 7.32. The fourth-order valence-corrected chi connectivity index (χ4v) is 2.61. The van der Waals surface area contributed by atoms with Gasteiger partial charge in [0.05, 0.1) is 12.7 Å². The first-order chi connectivity index (χ1) is 8.79. The lowest BCUT2D eigenvalue weighted by Gasteiger charge is -2.12. The molecule has 0 spiro atoms. The summed E-state index contributed by atoms with van der Waals surface area (Å²) in [5.41, 5.74) is 6.79.